The van der Waals surface area contributed by atoms with E-state index in [0.717, 1.165) is 16.7 Å². The van der Waals surface area contributed by atoms with Gasteiger partial charge in [0.1, 0.15) is 0 Å². The first kappa shape index (κ1) is 21.0. The molecule has 5 N–H and O–H groups in total. The van der Waals surface area contributed by atoms with E-state index in [1.165, 1.54) is 18.3 Å². The van der Waals surface area contributed by atoms with Crippen molar-refractivity contribution in [3.63, 3.8) is 0 Å². The van der Waals surface area contributed by atoms with Gasteiger partial charge < -0.3 is 25.3 Å². The fraction of sp³-hybridized carbons (Fsp3) is 0.500. The van der Waals surface area contributed by atoms with E-state index < -0.39 is 17.5 Å². The molecule has 7 nitrogen and oxygen atoms in total. The van der Waals surface area contributed by atoms with Gasteiger partial charge in [-0.15, -0.1) is 0 Å². The van der Waals surface area contributed by atoms with Crippen LogP contribution in [0.2, 0.25) is 0 Å². The number of aryl methyl sites for hydroxylation is 1. The molecular weight excluding hydrogens is 322 g/mol. The van der Waals surface area contributed by atoms with E-state index in [4.69, 9.17) is 21.1 Å². The maximum Gasteiger partial charge on any atom is 0.314 e. The van der Waals surface area contributed by atoms with Crippen molar-refractivity contribution in [2.24, 2.45) is 17.0 Å². The standard InChI is InChI=1S/C18H29N3O4/c1-12-6-7-13(8-14(12)10-22)16(18(2,3)17(23)24-5)25-11-15(19)9-21(4)20/h6-9,16,22H,10-11,19-20H2,1-5H3/b15-9-. The Hall–Kier alpha value is -2.09. The van der Waals surface area contributed by atoms with Crippen LogP contribution >= 0.6 is 0 Å². The summed E-state index contributed by atoms with van der Waals surface area (Å²) in [6.45, 7) is 5.41. The predicted molar refractivity (Wildman–Crippen MR) is 95.8 cm³/mol. The van der Waals surface area contributed by atoms with Crippen LogP contribution in [0.4, 0.5) is 0 Å². The van der Waals surface area contributed by atoms with Crippen molar-refractivity contribution in [2.75, 3.05) is 20.8 Å². The van der Waals surface area contributed by atoms with Crippen molar-refractivity contribution in [1.29, 1.82) is 0 Å². The Morgan fingerprint density at radius 1 is 1.44 bits per heavy atom. The van der Waals surface area contributed by atoms with E-state index in [9.17, 15) is 9.90 Å². The van der Waals surface area contributed by atoms with Crippen LogP contribution in [0.1, 0.15) is 36.6 Å². The van der Waals surface area contributed by atoms with Crippen LogP contribution in [0.5, 0.6) is 0 Å². The van der Waals surface area contributed by atoms with E-state index in [1.54, 1.807) is 20.9 Å². The summed E-state index contributed by atoms with van der Waals surface area (Å²) in [4.78, 5) is 12.3. The summed E-state index contributed by atoms with van der Waals surface area (Å²) in [6, 6.07) is 5.59. The van der Waals surface area contributed by atoms with Crippen molar-refractivity contribution >= 4 is 5.97 Å². The number of hydrogen-bond acceptors (Lipinski definition) is 7. The second kappa shape index (κ2) is 8.84. The van der Waals surface area contributed by atoms with E-state index >= 15 is 0 Å². The van der Waals surface area contributed by atoms with E-state index in [-0.39, 0.29) is 13.2 Å². The molecule has 0 aliphatic heterocycles. The lowest BCUT2D eigenvalue weighted by Gasteiger charge is -2.32. The van der Waals surface area contributed by atoms with Crippen molar-refractivity contribution in [2.45, 2.75) is 33.5 Å². The molecular formula is C18H29N3O4. The van der Waals surface area contributed by atoms with Gasteiger partial charge in [-0.05, 0) is 37.5 Å². The minimum absolute atomic E-state index is 0.0922. The Labute approximate surface area is 149 Å². The number of nitrogens with zero attached hydrogens (tertiary/aromatic N) is 1. The third kappa shape index (κ3) is 5.45. The first-order chi connectivity index (χ1) is 11.6. The molecule has 0 bridgehead atoms. The van der Waals surface area contributed by atoms with Gasteiger partial charge in [0.2, 0.25) is 0 Å². The third-order valence-corrected chi connectivity index (χ3v) is 4.00. The number of carbonyl (C=O) groups excluding carboxylic acids is 1. The number of hydrogen-bond donors (Lipinski definition) is 3. The molecule has 7 heteroatoms. The van der Waals surface area contributed by atoms with Gasteiger partial charge in [-0.1, -0.05) is 18.2 Å². The lowest BCUT2D eigenvalue weighted by atomic mass is 9.81. The summed E-state index contributed by atoms with van der Waals surface area (Å²) in [5.41, 5.74) is 7.86. The molecule has 1 rings (SSSR count). The Bertz CT molecular complexity index is 627. The normalized spacial score (nSPS) is 13.5. The predicted octanol–water partition coefficient (Wildman–Crippen LogP) is 1.35. The summed E-state index contributed by atoms with van der Waals surface area (Å²) < 4.78 is 10.9. The highest BCUT2D eigenvalue weighted by Crippen LogP contribution is 2.38. The minimum atomic E-state index is -0.953. The van der Waals surface area contributed by atoms with Crippen molar-refractivity contribution in [3.05, 3.63) is 46.8 Å². The van der Waals surface area contributed by atoms with Gasteiger partial charge in [0.05, 0.1) is 37.5 Å². The number of hydrazine groups is 1. The Kier molecular flexibility index (Phi) is 7.41. The van der Waals surface area contributed by atoms with Crippen LogP contribution in [0.3, 0.4) is 0 Å². The fourth-order valence-corrected chi connectivity index (χ4v) is 2.59. The molecule has 0 fully saturated rings. The van der Waals surface area contributed by atoms with Gasteiger partial charge >= 0.3 is 5.97 Å². The molecule has 1 aromatic carbocycles. The molecule has 1 atom stereocenters. The lowest BCUT2D eigenvalue weighted by Crippen LogP contribution is -2.35. The molecule has 0 radical (unpaired) electrons. The Balaban J connectivity index is 3.22. The molecule has 0 aromatic heterocycles. The van der Waals surface area contributed by atoms with Crippen LogP contribution in [-0.2, 0) is 20.9 Å². The summed E-state index contributed by atoms with van der Waals surface area (Å²) in [7, 11) is 2.99. The second-order valence-electron chi connectivity index (χ2n) is 6.62. The topological polar surface area (TPSA) is 111 Å². The number of esters is 1. The quantitative estimate of drug-likeness (QED) is 0.368. The van der Waals surface area contributed by atoms with Crippen molar-refractivity contribution < 1.29 is 19.4 Å². The third-order valence-electron chi connectivity index (χ3n) is 4.00. The van der Waals surface area contributed by atoms with Gasteiger partial charge in [-0.3, -0.25) is 4.79 Å². The van der Waals surface area contributed by atoms with Gasteiger partial charge in [0.15, 0.2) is 0 Å². The number of rotatable bonds is 8. The molecule has 0 saturated carbocycles. The van der Waals surface area contributed by atoms with Crippen LogP contribution in [-0.4, -0.2) is 36.8 Å². The molecule has 0 aliphatic carbocycles. The van der Waals surface area contributed by atoms with Crippen LogP contribution in [0, 0.1) is 12.3 Å². The Morgan fingerprint density at radius 3 is 2.60 bits per heavy atom. The first-order valence-corrected chi connectivity index (χ1v) is 7.97. The summed E-state index contributed by atoms with van der Waals surface area (Å²) in [5.74, 6) is 5.14. The van der Waals surface area contributed by atoms with E-state index in [1.807, 2.05) is 25.1 Å². The SMILES string of the molecule is COC(=O)C(C)(C)C(OC/C(N)=C/N(C)N)c1ccc(C)c(CO)c1. The molecule has 1 aromatic rings. The van der Waals surface area contributed by atoms with E-state index in [0.29, 0.717) is 5.70 Å². The number of aliphatic hydroxyl groups excluding tert-OH is 1. The zero-order valence-corrected chi connectivity index (χ0v) is 15.6. The molecule has 140 valence electrons. The number of benzene rings is 1. The van der Waals surface area contributed by atoms with Crippen LogP contribution in [0.15, 0.2) is 30.1 Å². The highest BCUT2D eigenvalue weighted by molar-refractivity contribution is 5.77. The number of aliphatic hydroxyl groups is 1. The zero-order valence-electron chi connectivity index (χ0n) is 15.6. The molecule has 0 saturated heterocycles. The largest absolute Gasteiger partial charge is 0.469 e. The highest BCUT2D eigenvalue weighted by atomic mass is 16.5. The van der Waals surface area contributed by atoms with Crippen molar-refractivity contribution in [3.8, 4) is 0 Å². The number of methoxy groups -OCH3 is 1. The number of ether oxygens (including phenoxy) is 2. The summed E-state index contributed by atoms with van der Waals surface area (Å²) >= 11 is 0. The van der Waals surface area contributed by atoms with E-state index in [2.05, 4.69) is 0 Å². The van der Waals surface area contributed by atoms with Gasteiger partial charge in [-0.2, -0.15) is 0 Å². The van der Waals surface area contributed by atoms with Crippen LogP contribution < -0.4 is 11.6 Å². The monoisotopic (exact) mass is 351 g/mol. The number of carbonyl (C=O) groups is 1. The maximum atomic E-state index is 12.3. The van der Waals surface area contributed by atoms with Gasteiger partial charge in [0, 0.05) is 13.2 Å². The highest BCUT2D eigenvalue weighted by Gasteiger charge is 2.40. The maximum absolute atomic E-state index is 12.3. The molecule has 25 heavy (non-hydrogen) atoms. The van der Waals surface area contributed by atoms with Gasteiger partial charge in [-0.25, -0.2) is 5.84 Å². The first-order valence-electron chi connectivity index (χ1n) is 7.97. The van der Waals surface area contributed by atoms with Crippen molar-refractivity contribution in [1.82, 2.24) is 5.01 Å². The fourth-order valence-electron chi connectivity index (χ4n) is 2.59. The molecule has 0 spiro atoms. The second-order valence-corrected chi connectivity index (χ2v) is 6.62. The van der Waals surface area contributed by atoms with Gasteiger partial charge in [0.25, 0.3) is 0 Å². The zero-order chi connectivity index (χ0) is 19.2. The molecule has 0 heterocycles. The minimum Gasteiger partial charge on any atom is -0.469 e. The average molecular weight is 351 g/mol. The van der Waals surface area contributed by atoms with Crippen LogP contribution in [0.25, 0.3) is 0 Å². The smallest absolute Gasteiger partial charge is 0.314 e. The average Bonchev–Trinajstić information content (AvgIpc) is 2.54. The summed E-state index contributed by atoms with van der Waals surface area (Å²) in [6.07, 6.45) is 0.928. The lowest BCUT2D eigenvalue weighted by molar-refractivity contribution is -0.160. The Morgan fingerprint density at radius 2 is 2.08 bits per heavy atom. The molecule has 1 unspecified atom stereocenters. The molecule has 0 amide bonds. The number of nitrogens with two attached hydrogens (primary N) is 2. The molecule has 0 aliphatic rings. The summed E-state index contributed by atoms with van der Waals surface area (Å²) in [5, 5.41) is 10.8.